The second-order valence-electron chi connectivity index (χ2n) is 5.35. The standard InChI is InChI=1S/C20H22O5/c1-4-11-25-15-7-5-14(6-8-15)12-18(20(21)22)17-10-9-16(23-2)13-19(17)24-3/h5-10,12-13H,4,11H2,1-3H3,(H,21,22)/b18-12-. The van der Waals surface area contributed by atoms with E-state index in [1.54, 1.807) is 31.4 Å². The Morgan fingerprint density at radius 3 is 2.28 bits per heavy atom. The molecule has 0 amide bonds. The first-order valence-electron chi connectivity index (χ1n) is 7.99. The number of benzene rings is 2. The number of hydrogen-bond donors (Lipinski definition) is 1. The number of carbonyl (C=O) groups is 1. The Balaban J connectivity index is 2.38. The minimum atomic E-state index is -1.03. The van der Waals surface area contributed by atoms with E-state index in [9.17, 15) is 9.90 Å². The number of hydrogen-bond acceptors (Lipinski definition) is 4. The molecule has 0 aliphatic rings. The Morgan fingerprint density at radius 2 is 1.72 bits per heavy atom. The summed E-state index contributed by atoms with van der Waals surface area (Å²) in [6.07, 6.45) is 2.54. The van der Waals surface area contributed by atoms with Crippen LogP contribution in [0.3, 0.4) is 0 Å². The van der Waals surface area contributed by atoms with Crippen molar-refractivity contribution in [3.8, 4) is 17.2 Å². The van der Waals surface area contributed by atoms with Crippen LogP contribution in [0, 0.1) is 0 Å². The zero-order valence-corrected chi connectivity index (χ0v) is 14.6. The molecule has 2 aromatic carbocycles. The van der Waals surface area contributed by atoms with Crippen LogP contribution in [-0.4, -0.2) is 31.9 Å². The molecule has 0 heterocycles. The molecule has 132 valence electrons. The van der Waals surface area contributed by atoms with Crippen molar-refractivity contribution in [2.24, 2.45) is 0 Å². The zero-order valence-electron chi connectivity index (χ0n) is 14.6. The molecule has 0 radical (unpaired) electrons. The lowest BCUT2D eigenvalue weighted by Gasteiger charge is -2.11. The van der Waals surface area contributed by atoms with Gasteiger partial charge in [-0.15, -0.1) is 0 Å². The summed E-state index contributed by atoms with van der Waals surface area (Å²) < 4.78 is 16.0. The van der Waals surface area contributed by atoms with Crippen molar-refractivity contribution >= 4 is 17.6 Å². The molecule has 0 saturated heterocycles. The average Bonchev–Trinajstić information content (AvgIpc) is 2.64. The average molecular weight is 342 g/mol. The summed E-state index contributed by atoms with van der Waals surface area (Å²) in [5.41, 5.74) is 1.39. The molecule has 0 aliphatic heterocycles. The molecule has 5 heteroatoms. The second-order valence-corrected chi connectivity index (χ2v) is 5.35. The van der Waals surface area contributed by atoms with Gasteiger partial charge in [-0.05, 0) is 42.3 Å². The molecule has 0 bridgehead atoms. The minimum Gasteiger partial charge on any atom is -0.497 e. The van der Waals surface area contributed by atoms with Crippen molar-refractivity contribution in [3.63, 3.8) is 0 Å². The van der Waals surface area contributed by atoms with Gasteiger partial charge in [-0.1, -0.05) is 19.1 Å². The van der Waals surface area contributed by atoms with Crippen molar-refractivity contribution in [1.29, 1.82) is 0 Å². The van der Waals surface area contributed by atoms with Crippen molar-refractivity contribution in [2.45, 2.75) is 13.3 Å². The maximum Gasteiger partial charge on any atom is 0.336 e. The van der Waals surface area contributed by atoms with Gasteiger partial charge in [0.2, 0.25) is 0 Å². The van der Waals surface area contributed by atoms with Gasteiger partial charge in [0.15, 0.2) is 0 Å². The molecule has 2 aromatic rings. The van der Waals surface area contributed by atoms with Crippen LogP contribution in [0.5, 0.6) is 17.2 Å². The lowest BCUT2D eigenvalue weighted by molar-refractivity contribution is -0.130. The van der Waals surface area contributed by atoms with Gasteiger partial charge in [-0.25, -0.2) is 4.79 Å². The summed E-state index contributed by atoms with van der Waals surface area (Å²) >= 11 is 0. The Labute approximate surface area is 147 Å². The van der Waals surface area contributed by atoms with E-state index in [1.807, 2.05) is 31.2 Å². The van der Waals surface area contributed by atoms with Gasteiger partial charge in [0.05, 0.1) is 26.4 Å². The molecular formula is C20H22O5. The fourth-order valence-corrected chi connectivity index (χ4v) is 2.32. The summed E-state index contributed by atoms with van der Waals surface area (Å²) in [5.74, 6) is 0.770. The molecule has 0 fully saturated rings. The van der Waals surface area contributed by atoms with E-state index in [2.05, 4.69) is 0 Å². The normalized spacial score (nSPS) is 11.1. The minimum absolute atomic E-state index is 0.140. The summed E-state index contributed by atoms with van der Waals surface area (Å²) in [6.45, 7) is 2.69. The predicted octanol–water partition coefficient (Wildman–Crippen LogP) is 4.12. The number of methoxy groups -OCH3 is 2. The largest absolute Gasteiger partial charge is 0.497 e. The van der Waals surface area contributed by atoms with Gasteiger partial charge in [-0.2, -0.15) is 0 Å². The number of carboxylic acid groups (broad SMARTS) is 1. The van der Waals surface area contributed by atoms with Crippen LogP contribution >= 0.6 is 0 Å². The number of aliphatic carboxylic acids is 1. The molecule has 0 aromatic heterocycles. The molecule has 2 rings (SSSR count). The van der Waals surface area contributed by atoms with Crippen molar-refractivity contribution in [1.82, 2.24) is 0 Å². The third-order valence-corrected chi connectivity index (χ3v) is 3.59. The van der Waals surface area contributed by atoms with E-state index in [0.717, 1.165) is 17.7 Å². The topological polar surface area (TPSA) is 65.0 Å². The summed E-state index contributed by atoms with van der Waals surface area (Å²) in [5, 5.41) is 9.63. The highest BCUT2D eigenvalue weighted by Gasteiger charge is 2.16. The first-order valence-corrected chi connectivity index (χ1v) is 7.99. The fourth-order valence-electron chi connectivity index (χ4n) is 2.32. The van der Waals surface area contributed by atoms with Gasteiger partial charge in [-0.3, -0.25) is 0 Å². The van der Waals surface area contributed by atoms with E-state index in [4.69, 9.17) is 14.2 Å². The van der Waals surface area contributed by atoms with Gasteiger partial charge >= 0.3 is 5.97 Å². The Morgan fingerprint density at radius 1 is 1.04 bits per heavy atom. The third kappa shape index (κ3) is 4.76. The quantitative estimate of drug-likeness (QED) is 0.577. The van der Waals surface area contributed by atoms with Crippen LogP contribution < -0.4 is 14.2 Å². The molecule has 0 atom stereocenters. The molecule has 1 N–H and O–H groups in total. The molecule has 0 unspecified atom stereocenters. The Kier molecular flexibility index (Phi) is 6.46. The van der Waals surface area contributed by atoms with Crippen LogP contribution in [0.25, 0.3) is 11.6 Å². The molecule has 25 heavy (non-hydrogen) atoms. The van der Waals surface area contributed by atoms with Gasteiger partial charge in [0, 0.05) is 11.6 Å². The van der Waals surface area contributed by atoms with Gasteiger partial charge < -0.3 is 19.3 Å². The molecule has 0 spiro atoms. The van der Waals surface area contributed by atoms with Crippen LogP contribution in [0.15, 0.2) is 42.5 Å². The van der Waals surface area contributed by atoms with Crippen LogP contribution in [0.2, 0.25) is 0 Å². The molecule has 0 aliphatic carbocycles. The smallest absolute Gasteiger partial charge is 0.336 e. The van der Waals surface area contributed by atoms with Crippen molar-refractivity contribution in [3.05, 3.63) is 53.6 Å². The molecular weight excluding hydrogens is 320 g/mol. The highest BCUT2D eigenvalue weighted by atomic mass is 16.5. The van der Waals surface area contributed by atoms with E-state index in [1.165, 1.54) is 7.11 Å². The van der Waals surface area contributed by atoms with E-state index < -0.39 is 5.97 Å². The van der Waals surface area contributed by atoms with E-state index in [-0.39, 0.29) is 5.57 Å². The lowest BCUT2D eigenvalue weighted by atomic mass is 10.0. The van der Waals surface area contributed by atoms with E-state index in [0.29, 0.717) is 23.7 Å². The monoisotopic (exact) mass is 342 g/mol. The summed E-state index contributed by atoms with van der Waals surface area (Å²) in [4.78, 5) is 11.8. The number of carboxylic acids is 1. The van der Waals surface area contributed by atoms with Crippen LogP contribution in [0.4, 0.5) is 0 Å². The maximum atomic E-state index is 11.8. The fraction of sp³-hybridized carbons (Fsp3) is 0.250. The van der Waals surface area contributed by atoms with E-state index >= 15 is 0 Å². The van der Waals surface area contributed by atoms with Crippen LogP contribution in [0.1, 0.15) is 24.5 Å². The van der Waals surface area contributed by atoms with Crippen LogP contribution in [-0.2, 0) is 4.79 Å². The van der Waals surface area contributed by atoms with Crippen molar-refractivity contribution in [2.75, 3.05) is 20.8 Å². The first-order chi connectivity index (χ1) is 12.1. The van der Waals surface area contributed by atoms with Crippen molar-refractivity contribution < 1.29 is 24.1 Å². The summed E-state index contributed by atoms with van der Waals surface area (Å²) in [7, 11) is 3.04. The third-order valence-electron chi connectivity index (χ3n) is 3.59. The molecule has 0 saturated carbocycles. The van der Waals surface area contributed by atoms with Gasteiger partial charge in [0.25, 0.3) is 0 Å². The Bertz CT molecular complexity index is 747. The predicted molar refractivity (Wildman–Crippen MR) is 97.3 cm³/mol. The highest BCUT2D eigenvalue weighted by Crippen LogP contribution is 2.31. The first kappa shape index (κ1) is 18.4. The number of rotatable bonds is 8. The second kappa shape index (κ2) is 8.78. The summed E-state index contributed by atoms with van der Waals surface area (Å²) in [6, 6.07) is 12.3. The highest BCUT2D eigenvalue weighted by molar-refractivity contribution is 6.21. The molecule has 5 nitrogen and oxygen atoms in total. The lowest BCUT2D eigenvalue weighted by Crippen LogP contribution is -2.02. The Hall–Kier alpha value is -2.95. The zero-order chi connectivity index (χ0) is 18.2. The number of ether oxygens (including phenoxy) is 3. The van der Waals surface area contributed by atoms with Gasteiger partial charge in [0.1, 0.15) is 17.2 Å². The maximum absolute atomic E-state index is 11.8. The SMILES string of the molecule is CCCOc1ccc(/C=C(\C(=O)O)c2ccc(OC)cc2OC)cc1.